The van der Waals surface area contributed by atoms with E-state index in [4.69, 9.17) is 11.6 Å². The molecule has 2 aliphatic heterocycles. The quantitative estimate of drug-likeness (QED) is 0.741. The minimum Gasteiger partial charge on any atom is -0.480 e. The van der Waals surface area contributed by atoms with E-state index < -0.39 is 40.8 Å². The number of halogens is 1. The van der Waals surface area contributed by atoms with Gasteiger partial charge in [0.25, 0.3) is 0 Å². The maximum Gasteiger partial charge on any atom is 0.325 e. The van der Waals surface area contributed by atoms with E-state index >= 15 is 0 Å². The summed E-state index contributed by atoms with van der Waals surface area (Å²) in [6, 6.07) is 2.97. The minimum absolute atomic E-state index is 0.314. The Morgan fingerprint density at radius 1 is 1.37 bits per heavy atom. The number of carboxylic acids is 1. The monoisotopic (exact) mass is 412 g/mol. The van der Waals surface area contributed by atoms with E-state index in [9.17, 15) is 19.5 Å². The first-order valence-electron chi connectivity index (χ1n) is 9.11. The van der Waals surface area contributed by atoms with E-state index in [0.29, 0.717) is 10.8 Å². The number of carbonyl (C=O) groups excluding carboxylic acids is 2. The van der Waals surface area contributed by atoms with E-state index in [1.165, 1.54) is 16.2 Å². The number of likely N-dealkylation sites (tertiary alicyclic amines) is 1. The number of carboxylic acid groups (broad SMARTS) is 1. The molecule has 27 heavy (non-hydrogen) atoms. The summed E-state index contributed by atoms with van der Waals surface area (Å²) in [6.45, 7) is 9.09. The van der Waals surface area contributed by atoms with Gasteiger partial charge in [0.15, 0.2) is 0 Å². The Balaban J connectivity index is 2.20. The second kappa shape index (κ2) is 6.57. The Morgan fingerprint density at radius 3 is 2.44 bits per heavy atom. The second-order valence-corrected chi connectivity index (χ2v) is 10.2. The number of hydrogen-bond donors (Lipinski definition) is 2. The summed E-state index contributed by atoms with van der Waals surface area (Å²) in [5, 5.41) is 13.4. The van der Waals surface area contributed by atoms with Gasteiger partial charge in [0, 0.05) is 10.4 Å². The zero-order valence-corrected chi connectivity index (χ0v) is 17.6. The van der Waals surface area contributed by atoms with E-state index in [1.807, 2.05) is 13.8 Å². The molecule has 0 saturated carbocycles. The molecule has 2 fully saturated rings. The molecule has 1 aromatic rings. The molecule has 5 atom stereocenters. The highest BCUT2D eigenvalue weighted by Crippen LogP contribution is 2.54. The first-order valence-corrected chi connectivity index (χ1v) is 10.3. The highest BCUT2D eigenvalue weighted by molar-refractivity contribution is 7.16. The highest BCUT2D eigenvalue weighted by atomic mass is 35.5. The van der Waals surface area contributed by atoms with Crippen molar-refractivity contribution in [1.82, 2.24) is 10.2 Å². The largest absolute Gasteiger partial charge is 0.480 e. The smallest absolute Gasteiger partial charge is 0.325 e. The van der Waals surface area contributed by atoms with E-state index in [0.717, 1.165) is 4.88 Å². The van der Waals surface area contributed by atoms with Gasteiger partial charge in [-0.05, 0) is 38.8 Å². The van der Waals surface area contributed by atoms with Crippen LogP contribution in [0, 0.1) is 17.8 Å². The fraction of sp³-hybridized carbons (Fsp3) is 0.632. The summed E-state index contributed by atoms with van der Waals surface area (Å²) in [6.07, 6.45) is 0.567. The highest BCUT2D eigenvalue weighted by Gasteiger charge is 2.70. The van der Waals surface area contributed by atoms with Crippen molar-refractivity contribution in [2.75, 3.05) is 0 Å². The number of thiophene rings is 1. The van der Waals surface area contributed by atoms with Crippen LogP contribution in [0.15, 0.2) is 12.1 Å². The number of rotatable bonds is 4. The topological polar surface area (TPSA) is 86.7 Å². The summed E-state index contributed by atoms with van der Waals surface area (Å²) < 4.78 is 0.559. The Morgan fingerprint density at radius 2 is 2.00 bits per heavy atom. The lowest BCUT2D eigenvalue weighted by Crippen LogP contribution is -2.60. The normalized spacial score (nSPS) is 32.1. The lowest BCUT2D eigenvalue weighted by atomic mass is 9.72. The van der Waals surface area contributed by atoms with Crippen molar-refractivity contribution in [3.63, 3.8) is 0 Å². The van der Waals surface area contributed by atoms with Crippen LogP contribution in [0.5, 0.6) is 0 Å². The van der Waals surface area contributed by atoms with Crippen LogP contribution >= 0.6 is 22.9 Å². The molecule has 5 unspecified atom stereocenters. The number of fused-ring (bicyclic) bond motifs is 1. The van der Waals surface area contributed by atoms with Crippen LogP contribution in [0.4, 0.5) is 0 Å². The Bertz CT molecular complexity index is 802. The molecular weight excluding hydrogens is 388 g/mol. The van der Waals surface area contributed by atoms with Crippen LogP contribution in [0.2, 0.25) is 4.34 Å². The number of imide groups is 1. The fourth-order valence-electron chi connectivity index (χ4n) is 4.52. The first kappa shape index (κ1) is 20.3. The summed E-state index contributed by atoms with van der Waals surface area (Å²) >= 11 is 7.39. The summed E-state index contributed by atoms with van der Waals surface area (Å²) in [4.78, 5) is 41.2. The SMILES string of the molecule is CCC(C)C1(C(=O)O)NC(c2ccc(Cl)s2)C2C(=O)N(C(C)(C)C)C(=O)C21. The molecule has 2 amide bonds. The van der Waals surface area contributed by atoms with Crippen molar-refractivity contribution in [2.24, 2.45) is 17.8 Å². The summed E-state index contributed by atoms with van der Waals surface area (Å²) in [5.74, 6) is -3.84. The summed E-state index contributed by atoms with van der Waals surface area (Å²) in [7, 11) is 0. The zero-order valence-electron chi connectivity index (χ0n) is 16.1. The number of amides is 2. The van der Waals surface area contributed by atoms with Crippen LogP contribution in [-0.2, 0) is 14.4 Å². The number of nitrogens with zero attached hydrogens (tertiary/aromatic N) is 1. The van der Waals surface area contributed by atoms with Gasteiger partial charge in [-0.15, -0.1) is 11.3 Å². The number of nitrogens with one attached hydrogen (secondary N) is 1. The molecule has 3 heterocycles. The van der Waals surface area contributed by atoms with Gasteiger partial charge in [-0.3, -0.25) is 24.6 Å². The van der Waals surface area contributed by atoms with Gasteiger partial charge in [-0.1, -0.05) is 31.9 Å². The number of hydrogen-bond acceptors (Lipinski definition) is 5. The van der Waals surface area contributed by atoms with Crippen molar-refractivity contribution in [2.45, 2.75) is 58.2 Å². The van der Waals surface area contributed by atoms with E-state index in [-0.39, 0.29) is 11.8 Å². The second-order valence-electron chi connectivity index (χ2n) is 8.43. The van der Waals surface area contributed by atoms with Crippen molar-refractivity contribution in [1.29, 1.82) is 0 Å². The number of aliphatic carboxylic acids is 1. The van der Waals surface area contributed by atoms with Crippen molar-refractivity contribution < 1.29 is 19.5 Å². The lowest BCUT2D eigenvalue weighted by Gasteiger charge is -2.38. The van der Waals surface area contributed by atoms with Crippen LogP contribution in [0.25, 0.3) is 0 Å². The van der Waals surface area contributed by atoms with Gasteiger partial charge in [-0.2, -0.15) is 0 Å². The third-order valence-electron chi connectivity index (χ3n) is 5.91. The Hall–Kier alpha value is -1.44. The molecular formula is C19H25ClN2O4S. The molecule has 6 nitrogen and oxygen atoms in total. The maximum absolute atomic E-state index is 13.3. The van der Waals surface area contributed by atoms with E-state index in [2.05, 4.69) is 5.32 Å². The Kier molecular flexibility index (Phi) is 4.94. The average molecular weight is 413 g/mol. The third-order valence-corrected chi connectivity index (χ3v) is 7.22. The summed E-state index contributed by atoms with van der Waals surface area (Å²) in [5.41, 5.74) is -2.21. The van der Waals surface area contributed by atoms with Gasteiger partial charge in [0.05, 0.1) is 22.2 Å². The number of carbonyl (C=O) groups is 3. The Labute approximate surface area is 167 Å². The van der Waals surface area contributed by atoms with Crippen molar-refractivity contribution >= 4 is 40.7 Å². The van der Waals surface area contributed by atoms with Gasteiger partial charge >= 0.3 is 5.97 Å². The molecule has 0 aromatic carbocycles. The predicted octanol–water partition coefficient (Wildman–Crippen LogP) is 3.32. The lowest BCUT2D eigenvalue weighted by molar-refractivity contribution is -0.156. The first-order chi connectivity index (χ1) is 12.5. The molecule has 0 radical (unpaired) electrons. The molecule has 1 aromatic heterocycles. The molecule has 2 aliphatic rings. The zero-order chi connectivity index (χ0) is 20.3. The molecule has 2 saturated heterocycles. The van der Waals surface area contributed by atoms with Crippen LogP contribution in [-0.4, -0.2) is 38.9 Å². The van der Waals surface area contributed by atoms with E-state index in [1.54, 1.807) is 32.9 Å². The minimum atomic E-state index is -1.49. The van der Waals surface area contributed by atoms with Gasteiger partial charge in [-0.25, -0.2) is 0 Å². The molecule has 0 spiro atoms. The fourth-order valence-corrected chi connectivity index (χ4v) is 5.68. The molecule has 8 heteroatoms. The molecule has 148 valence electrons. The molecule has 0 bridgehead atoms. The van der Waals surface area contributed by atoms with Gasteiger partial charge in [0.1, 0.15) is 5.54 Å². The van der Waals surface area contributed by atoms with Gasteiger partial charge < -0.3 is 5.11 Å². The standard InChI is InChI=1S/C19H25ClN2O4S/c1-6-9(2)19(17(25)26)13-12(14(21-19)10-7-8-11(20)27-10)15(23)22(16(13)24)18(3,4)5/h7-9,12-14,21H,6H2,1-5H3,(H,25,26). The third kappa shape index (κ3) is 2.82. The van der Waals surface area contributed by atoms with Crippen LogP contribution in [0.1, 0.15) is 52.0 Å². The molecule has 3 rings (SSSR count). The molecule has 2 N–H and O–H groups in total. The van der Waals surface area contributed by atoms with Crippen LogP contribution < -0.4 is 5.32 Å². The van der Waals surface area contributed by atoms with Gasteiger partial charge in [0.2, 0.25) is 11.8 Å². The maximum atomic E-state index is 13.3. The molecule has 0 aliphatic carbocycles. The average Bonchev–Trinajstić information content (AvgIpc) is 3.20. The predicted molar refractivity (Wildman–Crippen MR) is 104 cm³/mol. The van der Waals surface area contributed by atoms with Crippen LogP contribution in [0.3, 0.4) is 0 Å². The van der Waals surface area contributed by atoms with Crippen molar-refractivity contribution in [3.8, 4) is 0 Å². The van der Waals surface area contributed by atoms with Crippen molar-refractivity contribution in [3.05, 3.63) is 21.3 Å².